The van der Waals surface area contributed by atoms with Crippen LogP contribution in [-0.2, 0) is 29.1 Å². The zero-order valence-electron chi connectivity index (χ0n) is 28.7. The van der Waals surface area contributed by atoms with Gasteiger partial charge in [0.15, 0.2) is 0 Å². The van der Waals surface area contributed by atoms with Crippen molar-refractivity contribution in [3.8, 4) is 10.6 Å². The van der Waals surface area contributed by atoms with Gasteiger partial charge >= 0.3 is 0 Å². The van der Waals surface area contributed by atoms with E-state index in [1.165, 1.54) is 0 Å². The number of rotatable bonds is 21. The minimum absolute atomic E-state index is 0.221. The molecule has 0 amide bonds. The molecule has 9 heteroatoms. The second-order valence-electron chi connectivity index (χ2n) is 12.9. The lowest BCUT2D eigenvalue weighted by Crippen LogP contribution is -2.58. The van der Waals surface area contributed by atoms with Crippen molar-refractivity contribution in [1.29, 1.82) is 0 Å². The van der Waals surface area contributed by atoms with Crippen LogP contribution in [0.1, 0.15) is 114 Å². The molecule has 3 aromatic rings. The van der Waals surface area contributed by atoms with E-state index in [9.17, 15) is 0 Å². The molecule has 47 heavy (non-hydrogen) atoms. The van der Waals surface area contributed by atoms with Gasteiger partial charge in [-0.3, -0.25) is 0 Å². The van der Waals surface area contributed by atoms with Gasteiger partial charge in [0.2, 0.25) is 0 Å². The number of hydrogen-bond donors (Lipinski definition) is 0. The summed E-state index contributed by atoms with van der Waals surface area (Å²) in [5, 5.41) is 1.81. The molecule has 1 aliphatic heterocycles. The van der Waals surface area contributed by atoms with Gasteiger partial charge in [-0.05, 0) is 67.9 Å². The van der Waals surface area contributed by atoms with E-state index < -0.39 is 0 Å². The van der Waals surface area contributed by atoms with Crippen LogP contribution < -0.4 is 0 Å². The molecule has 2 fully saturated rings. The van der Waals surface area contributed by atoms with Crippen LogP contribution in [0.4, 0.5) is 0 Å². The molecule has 2 aliphatic rings. The molecule has 1 saturated carbocycles. The molecule has 5 atom stereocenters. The van der Waals surface area contributed by atoms with Gasteiger partial charge in [0.05, 0.1) is 17.7 Å². The molecule has 0 bridgehead atoms. The van der Waals surface area contributed by atoms with E-state index in [0.29, 0.717) is 33.0 Å². The van der Waals surface area contributed by atoms with Gasteiger partial charge in [0.25, 0.3) is 0 Å². The van der Waals surface area contributed by atoms with E-state index in [1.807, 2.05) is 24.4 Å². The van der Waals surface area contributed by atoms with Crippen LogP contribution in [-0.4, -0.2) is 62.4 Å². The molecule has 260 valence electrons. The first kappa shape index (κ1) is 36.5. The first-order valence-electron chi connectivity index (χ1n) is 17.9. The van der Waals surface area contributed by atoms with Crippen molar-refractivity contribution in [2.75, 3.05) is 33.0 Å². The van der Waals surface area contributed by atoms with Crippen LogP contribution in [0.2, 0.25) is 5.02 Å². The summed E-state index contributed by atoms with van der Waals surface area (Å²) < 4.78 is 39.0. The summed E-state index contributed by atoms with van der Waals surface area (Å²) in [6, 6.07) is 10.2. The summed E-state index contributed by atoms with van der Waals surface area (Å²) in [5.74, 6) is 0.837. The van der Waals surface area contributed by atoms with Crippen molar-refractivity contribution < 1.29 is 28.1 Å². The maximum Gasteiger partial charge on any atom is 0.145 e. The molecule has 3 heterocycles. The lowest BCUT2D eigenvalue weighted by atomic mass is 9.87. The molecular weight excluding hydrogens is 634 g/mol. The molecule has 1 aromatic carbocycles. The summed E-state index contributed by atoms with van der Waals surface area (Å²) in [6.45, 7) is 11.8. The van der Waals surface area contributed by atoms with Gasteiger partial charge in [-0.1, -0.05) is 77.1 Å². The zero-order chi connectivity index (χ0) is 33.1. The number of nitrogens with zero attached hydrogens (tertiary/aromatic N) is 1. The van der Waals surface area contributed by atoms with Gasteiger partial charge in [-0.25, -0.2) is 4.98 Å². The number of ether oxygens (including phenoxy) is 5. The predicted octanol–water partition coefficient (Wildman–Crippen LogP) is 9.95. The normalized spacial score (nSPS) is 23.7. The highest BCUT2D eigenvalue weighted by Crippen LogP contribution is 2.57. The van der Waals surface area contributed by atoms with Crippen LogP contribution in [0.3, 0.4) is 0 Å². The average Bonchev–Trinajstić information content (AvgIpc) is 3.44. The summed E-state index contributed by atoms with van der Waals surface area (Å²) in [7, 11) is 0. The third-order valence-corrected chi connectivity index (χ3v) is 10.8. The van der Waals surface area contributed by atoms with Gasteiger partial charge < -0.3 is 28.1 Å². The Hall–Kier alpha value is -1.78. The van der Waals surface area contributed by atoms with Gasteiger partial charge in [0, 0.05) is 43.1 Å². The number of halogens is 1. The second-order valence-corrected chi connectivity index (χ2v) is 14.4. The van der Waals surface area contributed by atoms with E-state index in [2.05, 4.69) is 39.8 Å². The maximum absolute atomic E-state index is 7.04. The van der Waals surface area contributed by atoms with E-state index in [0.717, 1.165) is 96.0 Å². The first-order valence-corrected chi connectivity index (χ1v) is 19.1. The summed E-state index contributed by atoms with van der Waals surface area (Å²) in [5.41, 5.74) is 1.91. The molecule has 1 aliphatic carbocycles. The molecule has 0 spiro atoms. The van der Waals surface area contributed by atoms with Crippen molar-refractivity contribution in [3.05, 3.63) is 63.9 Å². The predicted molar refractivity (Wildman–Crippen MR) is 189 cm³/mol. The average molecular weight is 688 g/mol. The monoisotopic (exact) mass is 687 g/mol. The number of thiazole rings is 1. The molecule has 7 nitrogen and oxygen atoms in total. The fourth-order valence-electron chi connectivity index (χ4n) is 6.27. The molecule has 2 aromatic heterocycles. The van der Waals surface area contributed by atoms with Crippen LogP contribution in [0.25, 0.3) is 10.6 Å². The Morgan fingerprint density at radius 2 is 1.51 bits per heavy atom. The third-order valence-electron chi connectivity index (χ3n) is 9.25. The number of benzene rings is 1. The molecule has 1 saturated heterocycles. The van der Waals surface area contributed by atoms with Crippen molar-refractivity contribution >= 4 is 22.9 Å². The molecule has 0 N–H and O–H groups in total. The quantitative estimate of drug-likeness (QED) is 0.103. The highest BCUT2D eigenvalue weighted by atomic mass is 35.5. The van der Waals surface area contributed by atoms with Crippen LogP contribution in [0.5, 0.6) is 0 Å². The van der Waals surface area contributed by atoms with Gasteiger partial charge in [-0.2, -0.15) is 0 Å². The fourth-order valence-corrected chi connectivity index (χ4v) is 7.71. The number of furan rings is 1. The highest BCUT2D eigenvalue weighted by Gasteiger charge is 2.52. The number of aromatic nitrogens is 1. The smallest absolute Gasteiger partial charge is 0.145 e. The SMILES string of the molecule is CCCCOC[C@H]1O[C@@H](c2ccc(Cl)c(C3(c4ncc(-c5ccco5)s4)CC3)c2)[C@H](OCCCC)[C@@H](OCCCC)[C@@H]1OCCCC. The topological polar surface area (TPSA) is 72.2 Å². The molecule has 0 unspecified atom stereocenters. The Morgan fingerprint density at radius 3 is 2.15 bits per heavy atom. The third kappa shape index (κ3) is 9.07. The van der Waals surface area contributed by atoms with E-state index in [-0.39, 0.29) is 35.9 Å². The maximum atomic E-state index is 7.04. The summed E-state index contributed by atoms with van der Waals surface area (Å²) in [4.78, 5) is 5.91. The Kier molecular flexibility index (Phi) is 14.2. The number of unbranched alkanes of at least 4 members (excludes halogenated alkanes) is 4. The fraction of sp³-hybridized carbons (Fsp3) is 0.658. The Morgan fingerprint density at radius 1 is 0.851 bits per heavy atom. The molecular formula is C38H54ClNO6S. The first-order chi connectivity index (χ1) is 23.1. The minimum atomic E-state index is -0.369. The Labute approximate surface area is 290 Å². The second kappa shape index (κ2) is 18.3. The van der Waals surface area contributed by atoms with Crippen molar-refractivity contribution in [2.45, 2.75) is 128 Å². The van der Waals surface area contributed by atoms with Crippen LogP contribution in [0, 0.1) is 0 Å². The van der Waals surface area contributed by atoms with E-state index in [4.69, 9.17) is 44.7 Å². The summed E-state index contributed by atoms with van der Waals surface area (Å²) in [6.07, 6.45) is 12.2. The highest BCUT2D eigenvalue weighted by molar-refractivity contribution is 7.15. The molecule has 0 radical (unpaired) electrons. The van der Waals surface area contributed by atoms with E-state index >= 15 is 0 Å². The van der Waals surface area contributed by atoms with Gasteiger partial charge in [-0.15, -0.1) is 11.3 Å². The minimum Gasteiger partial charge on any atom is -0.463 e. The van der Waals surface area contributed by atoms with Crippen LogP contribution in [0.15, 0.2) is 47.2 Å². The van der Waals surface area contributed by atoms with Crippen molar-refractivity contribution in [1.82, 2.24) is 4.98 Å². The van der Waals surface area contributed by atoms with Crippen LogP contribution >= 0.6 is 22.9 Å². The lowest BCUT2D eigenvalue weighted by Gasteiger charge is -2.46. The standard InChI is InChI=1S/C38H54ClNO6S/c1-5-9-19-41-26-31-34(43-20-10-6-2)36(45-22-12-8-4)35(44-21-11-7-3)33(46-31)27-15-16-29(39)28(24-27)38(17-18-38)37-40-25-32(47-37)30-14-13-23-42-30/h13-16,23-25,31,33-36H,5-12,17-22,26H2,1-4H3/t31-,33+,34-,35+,36+/m1/s1. The Bertz CT molecular complexity index is 1330. The lowest BCUT2D eigenvalue weighted by molar-refractivity contribution is -0.268. The summed E-state index contributed by atoms with van der Waals surface area (Å²) >= 11 is 8.69. The van der Waals surface area contributed by atoms with Crippen molar-refractivity contribution in [2.24, 2.45) is 0 Å². The van der Waals surface area contributed by atoms with E-state index in [1.54, 1.807) is 17.6 Å². The van der Waals surface area contributed by atoms with Crippen molar-refractivity contribution in [3.63, 3.8) is 0 Å². The zero-order valence-corrected chi connectivity index (χ0v) is 30.3. The largest absolute Gasteiger partial charge is 0.463 e. The Balaban J connectivity index is 1.49. The van der Waals surface area contributed by atoms with Gasteiger partial charge in [0.1, 0.15) is 41.3 Å². The molecule has 5 rings (SSSR count). The number of hydrogen-bond acceptors (Lipinski definition) is 8.